The smallest absolute Gasteiger partial charge is 0.253 e. The standard InChI is InChI=1S/C22H28N2O5S/c1-28-20-13-18(22(25)23-17-11-7-8-12-17)19(14-21(20)29-2)24(30(3,26)27)15-16-9-5-4-6-10-16/h4-6,9-10,13-14,17H,7-8,11-12,15H2,1-3H3,(H,23,25). The van der Waals surface area contributed by atoms with Crippen molar-refractivity contribution < 1.29 is 22.7 Å². The number of nitrogens with zero attached hydrogens (tertiary/aromatic N) is 1. The SMILES string of the molecule is COc1cc(C(=O)NC2CCCC2)c(N(Cc2ccccc2)S(C)(=O)=O)cc1OC. The Labute approximate surface area is 178 Å². The summed E-state index contributed by atoms with van der Waals surface area (Å²) in [6.45, 7) is 0.0961. The Kier molecular flexibility index (Phi) is 6.87. The Morgan fingerprint density at radius 2 is 1.67 bits per heavy atom. The highest BCUT2D eigenvalue weighted by molar-refractivity contribution is 7.92. The molecule has 1 saturated carbocycles. The zero-order valence-corrected chi connectivity index (χ0v) is 18.4. The molecule has 0 bridgehead atoms. The fraction of sp³-hybridized carbons (Fsp3) is 0.409. The van der Waals surface area contributed by atoms with Crippen molar-refractivity contribution in [3.8, 4) is 11.5 Å². The van der Waals surface area contributed by atoms with Crippen LogP contribution in [0.5, 0.6) is 11.5 Å². The van der Waals surface area contributed by atoms with E-state index < -0.39 is 10.0 Å². The van der Waals surface area contributed by atoms with Crippen LogP contribution >= 0.6 is 0 Å². The fourth-order valence-electron chi connectivity index (χ4n) is 3.72. The molecule has 0 aliphatic heterocycles. The number of anilines is 1. The van der Waals surface area contributed by atoms with Crippen LogP contribution in [-0.4, -0.2) is 40.8 Å². The van der Waals surface area contributed by atoms with Gasteiger partial charge in [0.1, 0.15) is 0 Å². The molecular weight excluding hydrogens is 404 g/mol. The molecule has 7 nitrogen and oxygen atoms in total. The maximum atomic E-state index is 13.1. The van der Waals surface area contributed by atoms with Crippen LogP contribution in [0.1, 0.15) is 41.6 Å². The van der Waals surface area contributed by atoms with Crippen molar-refractivity contribution in [1.29, 1.82) is 0 Å². The van der Waals surface area contributed by atoms with Crippen molar-refractivity contribution in [3.63, 3.8) is 0 Å². The van der Waals surface area contributed by atoms with Crippen molar-refractivity contribution in [2.45, 2.75) is 38.3 Å². The summed E-state index contributed by atoms with van der Waals surface area (Å²) in [6.07, 6.45) is 5.13. The van der Waals surface area contributed by atoms with Crippen LogP contribution in [0.3, 0.4) is 0 Å². The van der Waals surface area contributed by atoms with Gasteiger partial charge in [0, 0.05) is 12.1 Å². The van der Waals surface area contributed by atoms with E-state index in [1.807, 2.05) is 30.3 Å². The van der Waals surface area contributed by atoms with E-state index in [4.69, 9.17) is 9.47 Å². The van der Waals surface area contributed by atoms with Crippen molar-refractivity contribution >= 4 is 21.6 Å². The largest absolute Gasteiger partial charge is 0.493 e. The lowest BCUT2D eigenvalue weighted by Crippen LogP contribution is -2.36. The molecule has 3 rings (SSSR count). The Bertz CT molecular complexity index is 986. The summed E-state index contributed by atoms with van der Waals surface area (Å²) in [7, 11) is -0.732. The Balaban J connectivity index is 2.09. The quantitative estimate of drug-likeness (QED) is 0.692. The monoisotopic (exact) mass is 432 g/mol. The molecule has 1 aliphatic rings. The van der Waals surface area contributed by atoms with Gasteiger partial charge < -0.3 is 14.8 Å². The zero-order chi connectivity index (χ0) is 21.7. The molecule has 1 amide bonds. The summed E-state index contributed by atoms with van der Waals surface area (Å²) in [5.74, 6) is 0.400. The lowest BCUT2D eigenvalue weighted by molar-refractivity contribution is 0.0938. The number of methoxy groups -OCH3 is 2. The minimum atomic E-state index is -3.69. The van der Waals surface area contributed by atoms with Crippen LogP contribution in [0, 0.1) is 0 Å². The molecule has 2 aromatic rings. The number of hydrogen-bond donors (Lipinski definition) is 1. The van der Waals surface area contributed by atoms with E-state index in [0.717, 1.165) is 37.5 Å². The van der Waals surface area contributed by atoms with Crippen LogP contribution in [0.4, 0.5) is 5.69 Å². The third-order valence-electron chi connectivity index (χ3n) is 5.27. The Morgan fingerprint density at radius 1 is 1.07 bits per heavy atom. The fourth-order valence-corrected chi connectivity index (χ4v) is 4.61. The van der Waals surface area contributed by atoms with Crippen molar-refractivity contribution in [1.82, 2.24) is 5.32 Å². The first-order valence-electron chi connectivity index (χ1n) is 9.92. The third kappa shape index (κ3) is 5.05. The molecule has 0 spiro atoms. The highest BCUT2D eigenvalue weighted by atomic mass is 32.2. The molecule has 2 aromatic carbocycles. The average Bonchev–Trinajstić information content (AvgIpc) is 3.24. The predicted octanol–water partition coefficient (Wildman–Crippen LogP) is 3.34. The van der Waals surface area contributed by atoms with Crippen molar-refractivity contribution in [2.24, 2.45) is 0 Å². The predicted molar refractivity (Wildman–Crippen MR) is 117 cm³/mol. The third-order valence-corrected chi connectivity index (χ3v) is 6.40. The number of carbonyl (C=O) groups excluding carboxylic acids is 1. The summed E-state index contributed by atoms with van der Waals surface area (Å²) >= 11 is 0. The molecule has 0 unspecified atom stereocenters. The lowest BCUT2D eigenvalue weighted by Gasteiger charge is -2.26. The number of amides is 1. The van der Waals surface area contributed by atoms with Crippen LogP contribution in [-0.2, 0) is 16.6 Å². The first kappa shape index (κ1) is 22.0. The van der Waals surface area contributed by atoms with Crippen LogP contribution in [0.15, 0.2) is 42.5 Å². The minimum Gasteiger partial charge on any atom is -0.493 e. The minimum absolute atomic E-state index is 0.0961. The number of nitrogens with one attached hydrogen (secondary N) is 1. The molecule has 8 heteroatoms. The van der Waals surface area contributed by atoms with Crippen LogP contribution in [0.25, 0.3) is 0 Å². The van der Waals surface area contributed by atoms with E-state index in [2.05, 4.69) is 5.32 Å². The van der Waals surface area contributed by atoms with Gasteiger partial charge in [-0.1, -0.05) is 43.2 Å². The first-order valence-corrected chi connectivity index (χ1v) is 11.8. The van der Waals surface area contributed by atoms with Gasteiger partial charge >= 0.3 is 0 Å². The van der Waals surface area contributed by atoms with Gasteiger partial charge in [0.25, 0.3) is 5.91 Å². The molecule has 0 aromatic heterocycles. The Morgan fingerprint density at radius 3 is 2.23 bits per heavy atom. The number of hydrogen-bond acceptors (Lipinski definition) is 5. The molecule has 0 heterocycles. The molecule has 162 valence electrons. The summed E-state index contributed by atoms with van der Waals surface area (Å²) in [5.41, 5.74) is 1.30. The number of sulfonamides is 1. The normalized spacial score (nSPS) is 14.4. The maximum Gasteiger partial charge on any atom is 0.253 e. The van der Waals surface area contributed by atoms with E-state index in [0.29, 0.717) is 11.5 Å². The summed E-state index contributed by atoms with van der Waals surface area (Å²) in [6, 6.07) is 12.4. The van der Waals surface area contributed by atoms with Gasteiger partial charge in [0.15, 0.2) is 11.5 Å². The van der Waals surface area contributed by atoms with E-state index >= 15 is 0 Å². The number of ether oxygens (including phenoxy) is 2. The average molecular weight is 433 g/mol. The van der Waals surface area contributed by atoms with Gasteiger partial charge in [-0.15, -0.1) is 0 Å². The highest BCUT2D eigenvalue weighted by Gasteiger charge is 2.28. The molecule has 1 aliphatic carbocycles. The highest BCUT2D eigenvalue weighted by Crippen LogP contribution is 2.37. The van der Waals surface area contributed by atoms with Crippen molar-refractivity contribution in [2.75, 3.05) is 24.8 Å². The van der Waals surface area contributed by atoms with E-state index in [1.165, 1.54) is 18.5 Å². The van der Waals surface area contributed by atoms with Gasteiger partial charge in [0.2, 0.25) is 10.0 Å². The zero-order valence-electron chi connectivity index (χ0n) is 17.6. The molecule has 0 radical (unpaired) electrons. The van der Waals surface area contributed by atoms with Crippen LogP contribution < -0.4 is 19.1 Å². The molecular formula is C22H28N2O5S. The maximum absolute atomic E-state index is 13.1. The summed E-state index contributed by atoms with van der Waals surface area (Å²) < 4.78 is 37.4. The first-order chi connectivity index (χ1) is 14.3. The molecule has 30 heavy (non-hydrogen) atoms. The second-order valence-electron chi connectivity index (χ2n) is 7.43. The van der Waals surface area contributed by atoms with E-state index in [-0.39, 0.29) is 29.7 Å². The number of benzene rings is 2. The van der Waals surface area contributed by atoms with Crippen molar-refractivity contribution in [3.05, 3.63) is 53.6 Å². The summed E-state index contributed by atoms with van der Waals surface area (Å²) in [4.78, 5) is 13.1. The van der Waals surface area contributed by atoms with Gasteiger partial charge in [0.05, 0.1) is 38.3 Å². The second-order valence-corrected chi connectivity index (χ2v) is 9.34. The van der Waals surface area contributed by atoms with E-state index in [1.54, 1.807) is 12.1 Å². The molecule has 1 N–H and O–H groups in total. The van der Waals surface area contributed by atoms with Gasteiger partial charge in [-0.2, -0.15) is 0 Å². The molecule has 1 fully saturated rings. The van der Waals surface area contributed by atoms with Gasteiger partial charge in [-0.3, -0.25) is 9.10 Å². The lowest BCUT2D eigenvalue weighted by atomic mass is 10.1. The number of carbonyl (C=O) groups is 1. The Hall–Kier alpha value is -2.74. The molecule has 0 atom stereocenters. The van der Waals surface area contributed by atoms with Gasteiger partial charge in [-0.25, -0.2) is 8.42 Å². The molecule has 0 saturated heterocycles. The number of rotatable bonds is 8. The van der Waals surface area contributed by atoms with Crippen LogP contribution in [0.2, 0.25) is 0 Å². The topological polar surface area (TPSA) is 84.9 Å². The van der Waals surface area contributed by atoms with Gasteiger partial charge in [-0.05, 0) is 24.5 Å². The second kappa shape index (κ2) is 9.38. The summed E-state index contributed by atoms with van der Waals surface area (Å²) in [5, 5.41) is 3.04. The van der Waals surface area contributed by atoms with E-state index in [9.17, 15) is 13.2 Å².